The molecule has 0 aliphatic carbocycles. The highest BCUT2D eigenvalue weighted by Gasteiger charge is 2.03. The number of carbonyl (C=O) groups excluding carboxylic acids is 1. The molecule has 0 aliphatic rings. The molecule has 102 valence electrons. The standard InChI is InChI=1S/C14H11Cl2N3O/c1-9-2-4-11(8-17-9)14(20)19-18-7-10-3-5-12(15)13(16)6-10/h2-8H,1H3,(H,19,20)/b18-7+. The molecule has 1 amide bonds. The summed E-state index contributed by atoms with van der Waals surface area (Å²) in [5, 5.41) is 4.76. The molecule has 0 aliphatic heterocycles. The monoisotopic (exact) mass is 307 g/mol. The summed E-state index contributed by atoms with van der Waals surface area (Å²) in [6.45, 7) is 1.85. The van der Waals surface area contributed by atoms with Gasteiger partial charge in [0.15, 0.2) is 0 Å². The van der Waals surface area contributed by atoms with E-state index >= 15 is 0 Å². The minimum absolute atomic E-state index is 0.325. The predicted molar refractivity (Wildman–Crippen MR) is 80.5 cm³/mol. The zero-order chi connectivity index (χ0) is 14.5. The van der Waals surface area contributed by atoms with Crippen LogP contribution in [0.4, 0.5) is 0 Å². The number of hydrogen-bond donors (Lipinski definition) is 1. The van der Waals surface area contributed by atoms with Crippen molar-refractivity contribution in [3.05, 3.63) is 63.4 Å². The Morgan fingerprint density at radius 2 is 2.05 bits per heavy atom. The lowest BCUT2D eigenvalue weighted by Crippen LogP contribution is -2.17. The van der Waals surface area contributed by atoms with E-state index in [1.54, 1.807) is 30.3 Å². The molecule has 0 bridgehead atoms. The van der Waals surface area contributed by atoms with Crippen molar-refractivity contribution in [2.75, 3.05) is 0 Å². The van der Waals surface area contributed by atoms with Gasteiger partial charge in [-0.1, -0.05) is 29.3 Å². The maximum Gasteiger partial charge on any atom is 0.272 e. The molecule has 0 atom stereocenters. The topological polar surface area (TPSA) is 54.4 Å². The SMILES string of the molecule is Cc1ccc(C(=O)N/N=C/c2ccc(Cl)c(Cl)c2)cn1. The molecule has 2 aromatic rings. The quantitative estimate of drug-likeness (QED) is 0.697. The van der Waals surface area contributed by atoms with Crippen LogP contribution in [-0.2, 0) is 0 Å². The second-order valence-electron chi connectivity index (χ2n) is 4.06. The van der Waals surface area contributed by atoms with Gasteiger partial charge in [-0.25, -0.2) is 5.43 Å². The number of hydrazone groups is 1. The molecule has 0 fully saturated rings. The van der Waals surface area contributed by atoms with Crippen LogP contribution < -0.4 is 5.43 Å². The lowest BCUT2D eigenvalue weighted by atomic mass is 10.2. The summed E-state index contributed by atoms with van der Waals surface area (Å²) in [6.07, 6.45) is 2.99. The van der Waals surface area contributed by atoms with E-state index in [1.165, 1.54) is 12.4 Å². The first kappa shape index (κ1) is 14.5. The molecule has 6 heteroatoms. The number of carbonyl (C=O) groups is 1. The Hall–Kier alpha value is -1.91. The van der Waals surface area contributed by atoms with Gasteiger partial charge >= 0.3 is 0 Å². The first-order valence-corrected chi connectivity index (χ1v) is 6.53. The van der Waals surface area contributed by atoms with Crippen LogP contribution in [0.15, 0.2) is 41.6 Å². The highest BCUT2D eigenvalue weighted by atomic mass is 35.5. The number of pyridine rings is 1. The lowest BCUT2D eigenvalue weighted by molar-refractivity contribution is 0.0955. The summed E-state index contributed by atoms with van der Waals surface area (Å²) in [5.74, 6) is -0.325. The summed E-state index contributed by atoms with van der Waals surface area (Å²) in [4.78, 5) is 15.8. The molecular weight excluding hydrogens is 297 g/mol. The molecule has 0 saturated heterocycles. The minimum atomic E-state index is -0.325. The minimum Gasteiger partial charge on any atom is -0.267 e. The molecule has 0 saturated carbocycles. The van der Waals surface area contributed by atoms with Crippen LogP contribution in [0.25, 0.3) is 0 Å². The Kier molecular flexibility index (Phi) is 4.71. The molecule has 0 spiro atoms. The van der Waals surface area contributed by atoms with Crippen molar-refractivity contribution >= 4 is 35.3 Å². The van der Waals surface area contributed by atoms with Crippen LogP contribution in [-0.4, -0.2) is 17.1 Å². The number of nitrogens with zero attached hydrogens (tertiary/aromatic N) is 2. The van der Waals surface area contributed by atoms with Crippen molar-refractivity contribution in [3.63, 3.8) is 0 Å². The highest BCUT2D eigenvalue weighted by molar-refractivity contribution is 6.42. The van der Waals surface area contributed by atoms with Crippen molar-refractivity contribution in [1.82, 2.24) is 10.4 Å². The smallest absolute Gasteiger partial charge is 0.267 e. The average molecular weight is 308 g/mol. The highest BCUT2D eigenvalue weighted by Crippen LogP contribution is 2.21. The third-order valence-electron chi connectivity index (χ3n) is 2.50. The fourth-order valence-electron chi connectivity index (χ4n) is 1.42. The van der Waals surface area contributed by atoms with E-state index in [1.807, 2.05) is 6.92 Å². The zero-order valence-electron chi connectivity index (χ0n) is 10.6. The van der Waals surface area contributed by atoms with Crippen LogP contribution in [0.5, 0.6) is 0 Å². The zero-order valence-corrected chi connectivity index (χ0v) is 12.1. The van der Waals surface area contributed by atoms with E-state index in [0.717, 1.165) is 11.3 Å². The number of aryl methyl sites for hydroxylation is 1. The Bertz CT molecular complexity index is 654. The first-order valence-electron chi connectivity index (χ1n) is 5.77. The van der Waals surface area contributed by atoms with E-state index < -0.39 is 0 Å². The van der Waals surface area contributed by atoms with Gasteiger partial charge in [-0.2, -0.15) is 5.10 Å². The van der Waals surface area contributed by atoms with Crippen molar-refractivity contribution in [3.8, 4) is 0 Å². The van der Waals surface area contributed by atoms with E-state index in [4.69, 9.17) is 23.2 Å². The molecule has 1 heterocycles. The molecule has 0 unspecified atom stereocenters. The maximum atomic E-state index is 11.8. The molecular formula is C14H11Cl2N3O. The summed E-state index contributed by atoms with van der Waals surface area (Å²) >= 11 is 11.7. The largest absolute Gasteiger partial charge is 0.272 e. The van der Waals surface area contributed by atoms with Gasteiger partial charge in [0.05, 0.1) is 21.8 Å². The summed E-state index contributed by atoms with van der Waals surface area (Å²) < 4.78 is 0. The Labute approximate surface area is 126 Å². The molecule has 1 aromatic carbocycles. The van der Waals surface area contributed by atoms with Gasteiger partial charge in [-0.3, -0.25) is 9.78 Å². The number of nitrogens with one attached hydrogen (secondary N) is 1. The first-order chi connectivity index (χ1) is 9.56. The van der Waals surface area contributed by atoms with Gasteiger partial charge in [0.2, 0.25) is 0 Å². The van der Waals surface area contributed by atoms with Crippen LogP contribution >= 0.6 is 23.2 Å². The average Bonchev–Trinajstić information content (AvgIpc) is 2.43. The van der Waals surface area contributed by atoms with Crippen LogP contribution in [0.2, 0.25) is 10.0 Å². The lowest BCUT2D eigenvalue weighted by Gasteiger charge is -2.00. The Balaban J connectivity index is 2.00. The Morgan fingerprint density at radius 1 is 1.25 bits per heavy atom. The second-order valence-corrected chi connectivity index (χ2v) is 4.88. The number of hydrogen-bond acceptors (Lipinski definition) is 3. The molecule has 1 aromatic heterocycles. The number of benzene rings is 1. The van der Waals surface area contributed by atoms with Crippen molar-refractivity contribution < 1.29 is 4.79 Å². The van der Waals surface area contributed by atoms with E-state index in [-0.39, 0.29) is 5.91 Å². The Morgan fingerprint density at radius 3 is 2.70 bits per heavy atom. The molecule has 0 radical (unpaired) electrons. The fraction of sp³-hybridized carbons (Fsp3) is 0.0714. The van der Waals surface area contributed by atoms with Gasteiger partial charge in [0.1, 0.15) is 0 Å². The fourth-order valence-corrected chi connectivity index (χ4v) is 1.73. The van der Waals surface area contributed by atoms with Crippen molar-refractivity contribution in [2.24, 2.45) is 5.10 Å². The summed E-state index contributed by atoms with van der Waals surface area (Å²) in [5.41, 5.74) is 4.45. The molecule has 4 nitrogen and oxygen atoms in total. The van der Waals surface area contributed by atoms with Gasteiger partial charge < -0.3 is 0 Å². The van der Waals surface area contributed by atoms with Crippen molar-refractivity contribution in [1.29, 1.82) is 0 Å². The van der Waals surface area contributed by atoms with Crippen LogP contribution in [0, 0.1) is 6.92 Å². The summed E-state index contributed by atoms with van der Waals surface area (Å²) in [6, 6.07) is 8.52. The van der Waals surface area contributed by atoms with E-state index in [9.17, 15) is 4.79 Å². The summed E-state index contributed by atoms with van der Waals surface area (Å²) in [7, 11) is 0. The second kappa shape index (κ2) is 6.50. The van der Waals surface area contributed by atoms with Gasteiger partial charge in [-0.15, -0.1) is 0 Å². The normalized spacial score (nSPS) is 10.8. The predicted octanol–water partition coefficient (Wildman–Crippen LogP) is 3.46. The molecule has 20 heavy (non-hydrogen) atoms. The van der Waals surface area contributed by atoms with Gasteiger partial charge in [-0.05, 0) is 36.8 Å². The van der Waals surface area contributed by atoms with Crippen LogP contribution in [0.1, 0.15) is 21.6 Å². The number of rotatable bonds is 3. The number of aromatic nitrogens is 1. The van der Waals surface area contributed by atoms with Gasteiger partial charge in [0, 0.05) is 11.9 Å². The third kappa shape index (κ3) is 3.79. The number of amides is 1. The van der Waals surface area contributed by atoms with E-state index in [0.29, 0.717) is 15.6 Å². The van der Waals surface area contributed by atoms with E-state index in [2.05, 4.69) is 15.5 Å². The molecule has 2 rings (SSSR count). The van der Waals surface area contributed by atoms with Crippen LogP contribution in [0.3, 0.4) is 0 Å². The van der Waals surface area contributed by atoms with Gasteiger partial charge in [0.25, 0.3) is 5.91 Å². The maximum absolute atomic E-state index is 11.8. The molecule has 1 N–H and O–H groups in total. The van der Waals surface area contributed by atoms with Crippen molar-refractivity contribution in [2.45, 2.75) is 6.92 Å². The third-order valence-corrected chi connectivity index (χ3v) is 3.24. The number of halogens is 2.